The molecule has 1 aromatic heterocycles. The largest absolute Gasteiger partial charge is 0.330 e. The molecule has 0 radical (unpaired) electrons. The predicted molar refractivity (Wildman–Crippen MR) is 78.0 cm³/mol. The zero-order valence-electron chi connectivity index (χ0n) is 12.1. The van der Waals surface area contributed by atoms with Gasteiger partial charge >= 0.3 is 0 Å². The van der Waals surface area contributed by atoms with Crippen molar-refractivity contribution in [3.8, 4) is 11.4 Å². The molecule has 2 aromatic rings. The number of nitrogens with zero attached hydrogens (tertiary/aromatic N) is 3. The molecule has 0 aliphatic carbocycles. The summed E-state index contributed by atoms with van der Waals surface area (Å²) in [7, 11) is 1.92. The fourth-order valence-electron chi connectivity index (χ4n) is 2.12. The molecule has 0 atom stereocenters. The molecule has 0 saturated carbocycles. The molecule has 0 saturated heterocycles. The van der Waals surface area contributed by atoms with E-state index in [1.165, 1.54) is 11.1 Å². The second kappa shape index (κ2) is 5.53. The van der Waals surface area contributed by atoms with Crippen LogP contribution < -0.4 is 5.73 Å². The molecule has 0 unspecified atom stereocenters. The van der Waals surface area contributed by atoms with E-state index in [-0.39, 0.29) is 0 Å². The summed E-state index contributed by atoms with van der Waals surface area (Å²) in [5.41, 5.74) is 9.22. The van der Waals surface area contributed by atoms with Gasteiger partial charge in [0.25, 0.3) is 0 Å². The quantitative estimate of drug-likeness (QED) is 0.916. The molecule has 4 nitrogen and oxygen atoms in total. The first-order valence-electron chi connectivity index (χ1n) is 6.73. The van der Waals surface area contributed by atoms with Crippen LogP contribution in [0.5, 0.6) is 0 Å². The molecule has 2 rings (SSSR count). The summed E-state index contributed by atoms with van der Waals surface area (Å²) in [5, 5.41) is 4.51. The molecular formula is C15H22N4. The molecule has 0 fully saturated rings. The fraction of sp³-hybridized carbons (Fsp3) is 0.467. The van der Waals surface area contributed by atoms with Gasteiger partial charge < -0.3 is 5.73 Å². The van der Waals surface area contributed by atoms with Crippen LogP contribution in [0.3, 0.4) is 0 Å². The topological polar surface area (TPSA) is 56.7 Å². The van der Waals surface area contributed by atoms with Gasteiger partial charge in [0.2, 0.25) is 0 Å². The highest BCUT2D eigenvalue weighted by molar-refractivity contribution is 5.61. The van der Waals surface area contributed by atoms with Gasteiger partial charge in [0.15, 0.2) is 5.82 Å². The smallest absolute Gasteiger partial charge is 0.181 e. The highest BCUT2D eigenvalue weighted by atomic mass is 15.3. The predicted octanol–water partition coefficient (Wildman–Crippen LogP) is 2.42. The Hall–Kier alpha value is -1.68. The van der Waals surface area contributed by atoms with E-state index in [0.29, 0.717) is 12.5 Å². The van der Waals surface area contributed by atoms with Gasteiger partial charge in [-0.3, -0.25) is 4.68 Å². The number of aryl methyl sites for hydroxylation is 2. The van der Waals surface area contributed by atoms with Gasteiger partial charge in [-0.25, -0.2) is 4.98 Å². The lowest BCUT2D eigenvalue weighted by atomic mass is 9.97. The summed E-state index contributed by atoms with van der Waals surface area (Å²) in [6.45, 7) is 7.08. The summed E-state index contributed by atoms with van der Waals surface area (Å²) in [4.78, 5) is 4.60. The Morgan fingerprint density at radius 2 is 2.05 bits per heavy atom. The minimum Gasteiger partial charge on any atom is -0.330 e. The maximum Gasteiger partial charge on any atom is 0.181 e. The molecule has 0 bridgehead atoms. The average molecular weight is 258 g/mol. The molecule has 0 amide bonds. The van der Waals surface area contributed by atoms with Crippen LogP contribution in [0.2, 0.25) is 0 Å². The first-order valence-corrected chi connectivity index (χ1v) is 6.73. The van der Waals surface area contributed by atoms with Crippen LogP contribution in [0.25, 0.3) is 11.4 Å². The van der Waals surface area contributed by atoms with Crippen molar-refractivity contribution in [2.75, 3.05) is 6.54 Å². The second-order valence-electron chi connectivity index (χ2n) is 5.24. The zero-order chi connectivity index (χ0) is 14.0. The minimum atomic E-state index is 0.506. The molecule has 0 aliphatic rings. The van der Waals surface area contributed by atoms with Gasteiger partial charge in [0.1, 0.15) is 5.82 Å². The summed E-state index contributed by atoms with van der Waals surface area (Å²) >= 11 is 0. The molecule has 19 heavy (non-hydrogen) atoms. The Morgan fingerprint density at radius 3 is 2.68 bits per heavy atom. The number of hydrogen-bond acceptors (Lipinski definition) is 3. The first kappa shape index (κ1) is 13.7. The SMILES string of the molecule is Cc1ccc(C(C)C)cc1-c1nc(CCN)n(C)n1. The Kier molecular flexibility index (Phi) is 4.00. The van der Waals surface area contributed by atoms with Crippen molar-refractivity contribution in [2.24, 2.45) is 12.8 Å². The lowest BCUT2D eigenvalue weighted by Gasteiger charge is -2.08. The van der Waals surface area contributed by atoms with Gasteiger partial charge in [-0.15, -0.1) is 0 Å². The molecule has 1 heterocycles. The van der Waals surface area contributed by atoms with E-state index in [9.17, 15) is 0 Å². The Labute approximate surface area is 114 Å². The number of aromatic nitrogens is 3. The highest BCUT2D eigenvalue weighted by Crippen LogP contribution is 2.25. The summed E-state index contributed by atoms with van der Waals surface area (Å²) < 4.78 is 1.82. The molecule has 0 spiro atoms. The highest BCUT2D eigenvalue weighted by Gasteiger charge is 2.12. The third-order valence-corrected chi connectivity index (χ3v) is 3.39. The Balaban J connectivity index is 2.45. The van der Waals surface area contributed by atoms with Crippen molar-refractivity contribution in [3.05, 3.63) is 35.2 Å². The van der Waals surface area contributed by atoms with Gasteiger partial charge in [-0.2, -0.15) is 5.10 Å². The Morgan fingerprint density at radius 1 is 1.32 bits per heavy atom. The maximum absolute atomic E-state index is 5.59. The molecule has 4 heteroatoms. The average Bonchev–Trinajstić information content (AvgIpc) is 2.71. The molecule has 0 aliphatic heterocycles. The van der Waals surface area contributed by atoms with E-state index in [1.807, 2.05) is 11.7 Å². The van der Waals surface area contributed by atoms with E-state index >= 15 is 0 Å². The third-order valence-electron chi connectivity index (χ3n) is 3.39. The van der Waals surface area contributed by atoms with Gasteiger partial charge in [0, 0.05) is 19.0 Å². The minimum absolute atomic E-state index is 0.506. The fourth-order valence-corrected chi connectivity index (χ4v) is 2.12. The second-order valence-corrected chi connectivity index (χ2v) is 5.24. The van der Waals surface area contributed by atoms with E-state index in [1.54, 1.807) is 0 Å². The number of benzene rings is 1. The van der Waals surface area contributed by atoms with E-state index in [4.69, 9.17) is 5.73 Å². The van der Waals surface area contributed by atoms with Crippen molar-refractivity contribution in [3.63, 3.8) is 0 Å². The van der Waals surface area contributed by atoms with Crippen molar-refractivity contribution in [1.82, 2.24) is 14.8 Å². The van der Waals surface area contributed by atoms with E-state index < -0.39 is 0 Å². The monoisotopic (exact) mass is 258 g/mol. The van der Waals surface area contributed by atoms with Crippen LogP contribution in [-0.4, -0.2) is 21.3 Å². The van der Waals surface area contributed by atoms with Crippen LogP contribution in [0, 0.1) is 6.92 Å². The molecule has 1 aromatic carbocycles. The Bertz CT molecular complexity index is 570. The molecule has 102 valence electrons. The third kappa shape index (κ3) is 2.84. The van der Waals surface area contributed by atoms with Crippen LogP contribution in [0.1, 0.15) is 36.7 Å². The van der Waals surface area contributed by atoms with Crippen LogP contribution >= 0.6 is 0 Å². The summed E-state index contributed by atoms with van der Waals surface area (Å²) in [6.07, 6.45) is 0.756. The van der Waals surface area contributed by atoms with Crippen molar-refractivity contribution >= 4 is 0 Å². The first-order chi connectivity index (χ1) is 9.02. The standard InChI is InChI=1S/C15H22N4/c1-10(2)12-6-5-11(3)13(9-12)15-17-14(7-8-16)19(4)18-15/h5-6,9-10H,7-8,16H2,1-4H3. The van der Waals surface area contributed by atoms with Crippen LogP contribution in [-0.2, 0) is 13.5 Å². The number of rotatable bonds is 4. The van der Waals surface area contributed by atoms with Gasteiger partial charge in [0.05, 0.1) is 0 Å². The zero-order valence-corrected chi connectivity index (χ0v) is 12.1. The van der Waals surface area contributed by atoms with Crippen LogP contribution in [0.15, 0.2) is 18.2 Å². The van der Waals surface area contributed by atoms with Crippen LogP contribution in [0.4, 0.5) is 0 Å². The molecule has 2 N–H and O–H groups in total. The number of hydrogen-bond donors (Lipinski definition) is 1. The number of nitrogens with two attached hydrogens (primary N) is 1. The maximum atomic E-state index is 5.59. The van der Waals surface area contributed by atoms with Crippen molar-refractivity contribution in [2.45, 2.75) is 33.1 Å². The van der Waals surface area contributed by atoms with Gasteiger partial charge in [-0.05, 0) is 36.6 Å². The summed E-state index contributed by atoms with van der Waals surface area (Å²) in [5.74, 6) is 2.24. The van der Waals surface area contributed by atoms with E-state index in [2.05, 4.69) is 49.1 Å². The lowest BCUT2D eigenvalue weighted by molar-refractivity contribution is 0.697. The van der Waals surface area contributed by atoms with Crippen molar-refractivity contribution in [1.29, 1.82) is 0 Å². The van der Waals surface area contributed by atoms with E-state index in [0.717, 1.165) is 23.6 Å². The lowest BCUT2D eigenvalue weighted by Crippen LogP contribution is -2.08. The van der Waals surface area contributed by atoms with Crippen molar-refractivity contribution < 1.29 is 0 Å². The molecular weight excluding hydrogens is 236 g/mol. The summed E-state index contributed by atoms with van der Waals surface area (Å²) in [6, 6.07) is 6.51. The van der Waals surface area contributed by atoms with Gasteiger partial charge in [-0.1, -0.05) is 26.0 Å². The normalized spacial score (nSPS) is 11.3.